The summed E-state index contributed by atoms with van der Waals surface area (Å²) in [5.41, 5.74) is 0.739. The molecule has 4 aromatic rings. The van der Waals surface area contributed by atoms with E-state index < -0.39 is 39.9 Å². The molecule has 5 N–H and O–H groups in total. The molecule has 3 heterocycles. The van der Waals surface area contributed by atoms with Gasteiger partial charge in [0.05, 0.1) is 5.52 Å². The molecule has 15 heteroatoms. The van der Waals surface area contributed by atoms with Gasteiger partial charge in [-0.2, -0.15) is 4.72 Å². The molecule has 1 aromatic carbocycles. The van der Waals surface area contributed by atoms with Crippen LogP contribution in [-0.2, 0) is 28.4 Å². The van der Waals surface area contributed by atoms with E-state index in [9.17, 15) is 27.9 Å². The van der Waals surface area contributed by atoms with Gasteiger partial charge in [-0.3, -0.25) is 14.4 Å². The minimum atomic E-state index is -4.32. The number of aromatic amines is 1. The summed E-state index contributed by atoms with van der Waals surface area (Å²) < 4.78 is 33.9. The molecular weight excluding hydrogens is 518 g/mol. The molecule has 200 valence electrons. The largest absolute Gasteiger partial charge is 0.480 e. The highest BCUT2D eigenvalue weighted by Crippen LogP contribution is 2.19. The van der Waals surface area contributed by atoms with Gasteiger partial charge in [0.2, 0.25) is 15.5 Å². The van der Waals surface area contributed by atoms with Crippen molar-refractivity contribution in [2.75, 3.05) is 11.9 Å². The van der Waals surface area contributed by atoms with Crippen molar-refractivity contribution in [3.05, 3.63) is 69.6 Å². The molecule has 14 nitrogen and oxygen atoms in total. The molecule has 4 rings (SSSR count). The van der Waals surface area contributed by atoms with Crippen LogP contribution in [0.25, 0.3) is 10.9 Å². The molecule has 0 saturated heterocycles. The number of rotatable bonds is 10. The first-order valence-corrected chi connectivity index (χ1v) is 12.8. The Morgan fingerprint density at radius 2 is 2.03 bits per heavy atom. The highest BCUT2D eigenvalue weighted by Gasteiger charge is 2.30. The predicted octanol–water partition coefficient (Wildman–Crippen LogP) is 0.640. The van der Waals surface area contributed by atoms with Crippen LogP contribution in [0.2, 0.25) is 0 Å². The molecular formula is C23H25N7O7S. The monoisotopic (exact) mass is 543 g/mol. The number of pyridine rings is 1. The molecule has 1 unspecified atom stereocenters. The second kappa shape index (κ2) is 10.5. The summed E-state index contributed by atoms with van der Waals surface area (Å²) >= 11 is 0. The maximum absolute atomic E-state index is 13.1. The number of aromatic nitrogens is 4. The number of hydrogen-bond donors (Lipinski definition) is 5. The summed E-state index contributed by atoms with van der Waals surface area (Å²) in [4.78, 5) is 44.4. The average molecular weight is 544 g/mol. The third kappa shape index (κ3) is 5.42. The molecule has 3 aromatic heterocycles. The second-order valence-electron chi connectivity index (χ2n) is 8.50. The van der Waals surface area contributed by atoms with Crippen molar-refractivity contribution in [3.8, 4) is 0 Å². The topological polar surface area (TPSA) is 201 Å². The third-order valence-electron chi connectivity index (χ3n) is 5.76. The number of benzene rings is 1. The van der Waals surface area contributed by atoms with Crippen LogP contribution < -0.4 is 20.8 Å². The van der Waals surface area contributed by atoms with Crippen LogP contribution in [0.1, 0.15) is 27.4 Å². The van der Waals surface area contributed by atoms with Crippen molar-refractivity contribution in [2.45, 2.75) is 31.3 Å². The number of nitrogens with zero attached hydrogens (tertiary/aromatic N) is 3. The Hall–Kier alpha value is -4.50. The van der Waals surface area contributed by atoms with Crippen molar-refractivity contribution >= 4 is 38.8 Å². The van der Waals surface area contributed by atoms with Crippen LogP contribution in [0.4, 0.5) is 5.95 Å². The fourth-order valence-electron chi connectivity index (χ4n) is 3.92. The predicted molar refractivity (Wildman–Crippen MR) is 135 cm³/mol. The number of aliphatic carboxylic acids is 1. The number of amides is 1. The van der Waals surface area contributed by atoms with E-state index in [2.05, 4.69) is 25.8 Å². The Balaban J connectivity index is 1.51. The van der Waals surface area contributed by atoms with Crippen LogP contribution in [0.3, 0.4) is 0 Å². The number of carbonyl (C=O) groups is 2. The molecule has 0 fully saturated rings. The maximum Gasteiger partial charge on any atom is 0.323 e. The van der Waals surface area contributed by atoms with Gasteiger partial charge in [-0.05, 0) is 31.5 Å². The van der Waals surface area contributed by atoms with Gasteiger partial charge < -0.3 is 29.8 Å². The molecule has 0 aliphatic carbocycles. The van der Waals surface area contributed by atoms with Gasteiger partial charge in [0.1, 0.15) is 22.2 Å². The summed E-state index contributed by atoms with van der Waals surface area (Å²) in [6.45, 7) is 2.60. The molecule has 0 aliphatic heterocycles. The Morgan fingerprint density at radius 3 is 2.66 bits per heavy atom. The zero-order valence-corrected chi connectivity index (χ0v) is 21.4. The number of hydrogen-bond acceptors (Lipinski definition) is 9. The number of carboxylic acid groups (broad SMARTS) is 1. The van der Waals surface area contributed by atoms with E-state index in [1.165, 1.54) is 20.0 Å². The summed E-state index contributed by atoms with van der Waals surface area (Å²) in [5.74, 6) is -1.79. The fourth-order valence-corrected chi connectivity index (χ4v) is 5.44. The first-order chi connectivity index (χ1) is 18.0. The molecule has 0 radical (unpaired) electrons. The van der Waals surface area contributed by atoms with E-state index in [1.54, 1.807) is 42.2 Å². The van der Waals surface area contributed by atoms with Crippen LogP contribution in [0.15, 0.2) is 51.0 Å². The molecule has 1 amide bonds. The SMILES string of the molecule is Cc1noc(C)c1S(=O)(=O)NC(CNC(=O)c1cn(C)c2cc(CNc3ncc[nH]3)ccc2c1=O)C(=O)O. The number of sulfonamides is 1. The summed E-state index contributed by atoms with van der Waals surface area (Å²) in [5, 5.41) is 18.8. The number of imidazole rings is 1. The highest BCUT2D eigenvalue weighted by molar-refractivity contribution is 7.89. The van der Waals surface area contributed by atoms with Gasteiger partial charge in [-0.15, -0.1) is 0 Å². The standard InChI is InChI=1S/C23H25N7O7S/c1-12-20(13(2)37-28-12)38(35,36)29-17(22(33)34)10-26-21(32)16-11-30(3)18-8-14(4-5-15(18)19(16)31)9-27-23-24-6-7-25-23/h4-8,11,17,29H,9-10H2,1-3H3,(H,26,32)(H,33,34)(H2,24,25,27). The quantitative estimate of drug-likeness (QED) is 0.189. The van der Waals surface area contributed by atoms with Gasteiger partial charge in [0.25, 0.3) is 5.91 Å². The van der Waals surface area contributed by atoms with Crippen molar-refractivity contribution in [1.82, 2.24) is 29.7 Å². The lowest BCUT2D eigenvalue weighted by atomic mass is 10.1. The Labute approximate surface area is 216 Å². The van der Waals surface area contributed by atoms with E-state index >= 15 is 0 Å². The minimum absolute atomic E-state index is 0.0114. The minimum Gasteiger partial charge on any atom is -0.480 e. The number of fused-ring (bicyclic) bond motifs is 1. The van der Waals surface area contributed by atoms with E-state index in [0.717, 1.165) is 5.56 Å². The van der Waals surface area contributed by atoms with E-state index in [1.807, 2.05) is 4.72 Å². The highest BCUT2D eigenvalue weighted by atomic mass is 32.2. The van der Waals surface area contributed by atoms with Crippen molar-refractivity contribution in [1.29, 1.82) is 0 Å². The summed E-state index contributed by atoms with van der Waals surface area (Å²) in [7, 11) is -2.65. The summed E-state index contributed by atoms with van der Waals surface area (Å²) in [6.07, 6.45) is 4.64. The molecule has 38 heavy (non-hydrogen) atoms. The van der Waals surface area contributed by atoms with Crippen molar-refractivity contribution in [3.63, 3.8) is 0 Å². The maximum atomic E-state index is 13.1. The number of anilines is 1. The second-order valence-corrected chi connectivity index (χ2v) is 10.2. The van der Waals surface area contributed by atoms with Gasteiger partial charge in [0, 0.05) is 44.1 Å². The van der Waals surface area contributed by atoms with Gasteiger partial charge >= 0.3 is 5.97 Å². The number of H-pyrrole nitrogens is 1. The van der Waals surface area contributed by atoms with Crippen LogP contribution >= 0.6 is 0 Å². The molecule has 0 saturated carbocycles. The van der Waals surface area contributed by atoms with E-state index in [4.69, 9.17) is 4.52 Å². The molecule has 0 bridgehead atoms. The Kier molecular flexibility index (Phi) is 7.32. The first kappa shape index (κ1) is 26.6. The number of carboxylic acids is 1. The lowest BCUT2D eigenvalue weighted by Gasteiger charge is -2.16. The smallest absolute Gasteiger partial charge is 0.323 e. The third-order valence-corrected chi connectivity index (χ3v) is 7.47. The van der Waals surface area contributed by atoms with Crippen LogP contribution in [0.5, 0.6) is 0 Å². The molecule has 0 aliphatic rings. The first-order valence-electron chi connectivity index (χ1n) is 11.3. The Bertz CT molecular complexity index is 1650. The number of aryl methyl sites for hydroxylation is 3. The average Bonchev–Trinajstić information content (AvgIpc) is 3.51. The van der Waals surface area contributed by atoms with E-state index in [0.29, 0.717) is 18.0 Å². The van der Waals surface area contributed by atoms with Gasteiger partial charge in [0.15, 0.2) is 11.7 Å². The zero-order chi connectivity index (χ0) is 27.6. The molecule has 0 spiro atoms. The zero-order valence-electron chi connectivity index (χ0n) is 20.6. The fraction of sp³-hybridized carbons (Fsp3) is 0.261. The van der Waals surface area contributed by atoms with Crippen molar-refractivity contribution in [2.24, 2.45) is 7.05 Å². The number of nitrogens with one attached hydrogen (secondary N) is 4. The Morgan fingerprint density at radius 1 is 1.26 bits per heavy atom. The van der Waals surface area contributed by atoms with Gasteiger partial charge in [-0.25, -0.2) is 13.4 Å². The normalized spacial score (nSPS) is 12.4. The van der Waals surface area contributed by atoms with E-state index in [-0.39, 0.29) is 27.3 Å². The summed E-state index contributed by atoms with van der Waals surface area (Å²) in [6, 6.07) is 3.43. The lowest BCUT2D eigenvalue weighted by Crippen LogP contribution is -2.48. The van der Waals surface area contributed by atoms with Crippen LogP contribution in [0, 0.1) is 13.8 Å². The lowest BCUT2D eigenvalue weighted by molar-refractivity contribution is -0.138. The van der Waals surface area contributed by atoms with Gasteiger partial charge in [-0.1, -0.05) is 11.2 Å². The number of carbonyl (C=O) groups excluding carboxylic acids is 1. The van der Waals surface area contributed by atoms with Crippen molar-refractivity contribution < 1.29 is 27.6 Å². The molecule has 1 atom stereocenters. The van der Waals surface area contributed by atoms with Crippen LogP contribution in [-0.4, -0.2) is 57.7 Å².